The Morgan fingerprint density at radius 1 is 0.842 bits per heavy atom. The second-order valence-electron chi connectivity index (χ2n) is 9.35. The number of nitrogens with zero attached hydrogens (tertiary/aromatic N) is 3. The Balaban J connectivity index is 0.00000264. The zero-order valence-electron chi connectivity index (χ0n) is 20.7. The molecule has 0 radical (unpaired) electrons. The van der Waals surface area contributed by atoms with Crippen molar-refractivity contribution >= 4 is 43.5 Å². The van der Waals surface area contributed by atoms with E-state index in [0.717, 1.165) is 49.3 Å². The van der Waals surface area contributed by atoms with E-state index in [1.807, 2.05) is 42.6 Å². The minimum atomic E-state index is 0. The quantitative estimate of drug-likeness (QED) is 0.194. The van der Waals surface area contributed by atoms with Gasteiger partial charge in [-0.1, -0.05) is 66.4 Å². The normalized spacial score (nSPS) is 11.3. The maximum absolute atomic E-state index is 10.3. The topological polar surface area (TPSA) is 60.2 Å². The molecule has 1 N–H and O–H groups in total. The Kier molecular flexibility index (Phi) is 5.89. The number of hydrogen-bond acceptors (Lipinski definition) is 4. The summed E-state index contributed by atoms with van der Waals surface area (Å²) in [5.74, 6) is 1.92. The fourth-order valence-electron chi connectivity index (χ4n) is 5.18. The number of aromatic hydroxyl groups is 1. The number of aromatic nitrogens is 3. The first-order valence-corrected chi connectivity index (χ1v) is 12.2. The minimum Gasteiger partial charge on any atom is -0.506 e. The van der Waals surface area contributed by atoms with Crippen LogP contribution in [-0.4, -0.2) is 19.6 Å². The van der Waals surface area contributed by atoms with Crippen LogP contribution >= 0.6 is 0 Å². The van der Waals surface area contributed by atoms with Crippen LogP contribution in [0, 0.1) is 19.9 Å². The predicted molar refractivity (Wildman–Crippen MR) is 148 cm³/mol. The molecule has 38 heavy (non-hydrogen) atoms. The third-order valence-corrected chi connectivity index (χ3v) is 6.86. The van der Waals surface area contributed by atoms with Crippen molar-refractivity contribution < 1.29 is 30.9 Å². The molecule has 0 atom stereocenters. The molecule has 0 unspecified atom stereocenters. The van der Waals surface area contributed by atoms with Gasteiger partial charge in [0.25, 0.3) is 0 Å². The Morgan fingerprint density at radius 3 is 2.58 bits per heavy atom. The molecule has 0 spiro atoms. The average molecular weight is 676 g/mol. The van der Waals surface area contributed by atoms with Crippen molar-refractivity contribution in [2.24, 2.45) is 0 Å². The fraction of sp³-hybridized carbons (Fsp3) is 0.0625. The molecule has 6 heteroatoms. The summed E-state index contributed by atoms with van der Waals surface area (Å²) in [5, 5.41) is 15.6. The molecule has 0 fully saturated rings. The van der Waals surface area contributed by atoms with Gasteiger partial charge < -0.3 is 14.4 Å². The Labute approximate surface area is 233 Å². The number of benzene rings is 4. The van der Waals surface area contributed by atoms with E-state index in [4.69, 9.17) is 9.72 Å². The number of pyridine rings is 2. The van der Waals surface area contributed by atoms with Gasteiger partial charge in [-0.2, -0.15) is 0 Å². The molecule has 188 valence electrons. The summed E-state index contributed by atoms with van der Waals surface area (Å²) in [6.45, 7) is 4.19. The first kappa shape index (κ1) is 24.1. The molecule has 0 aliphatic heterocycles. The zero-order chi connectivity index (χ0) is 25.1. The van der Waals surface area contributed by atoms with Crippen molar-refractivity contribution in [2.75, 3.05) is 0 Å². The van der Waals surface area contributed by atoms with Crippen molar-refractivity contribution in [1.29, 1.82) is 0 Å². The molecule has 7 rings (SSSR count). The van der Waals surface area contributed by atoms with Crippen LogP contribution < -0.4 is 4.74 Å². The van der Waals surface area contributed by atoms with Crippen LogP contribution in [0.3, 0.4) is 0 Å². The van der Waals surface area contributed by atoms with Crippen LogP contribution in [0.4, 0.5) is 0 Å². The van der Waals surface area contributed by atoms with Gasteiger partial charge in [0.05, 0.1) is 0 Å². The molecule has 0 bridgehead atoms. The van der Waals surface area contributed by atoms with Crippen LogP contribution in [-0.2, 0) is 21.1 Å². The van der Waals surface area contributed by atoms with Gasteiger partial charge in [0.15, 0.2) is 0 Å². The van der Waals surface area contributed by atoms with E-state index in [1.54, 1.807) is 18.2 Å². The maximum atomic E-state index is 10.3. The van der Waals surface area contributed by atoms with Crippen molar-refractivity contribution in [3.05, 3.63) is 108 Å². The largest absolute Gasteiger partial charge is 0.506 e. The summed E-state index contributed by atoms with van der Waals surface area (Å²) >= 11 is 0. The maximum Gasteiger partial charge on any atom is 0.217 e. The molecule has 4 aromatic carbocycles. The molecule has 5 nitrogen and oxygen atoms in total. The second kappa shape index (κ2) is 9.27. The van der Waals surface area contributed by atoms with Crippen molar-refractivity contribution in [3.8, 4) is 23.2 Å². The molecule has 7 aromatic rings. The molecule has 0 amide bonds. The number of ether oxygens (including phenoxy) is 1. The Bertz CT molecular complexity index is 2010. The molecule has 0 saturated heterocycles. The predicted octanol–water partition coefficient (Wildman–Crippen LogP) is 7.79. The molecular weight excluding hydrogens is 653 g/mol. The molecular formula is C32H22N3O2Pt-. The summed E-state index contributed by atoms with van der Waals surface area (Å²) in [6, 6.07) is 31.3. The summed E-state index contributed by atoms with van der Waals surface area (Å²) in [6.07, 6.45) is 1.85. The van der Waals surface area contributed by atoms with Crippen LogP contribution in [0.1, 0.15) is 11.1 Å². The van der Waals surface area contributed by atoms with Gasteiger partial charge >= 0.3 is 0 Å². The van der Waals surface area contributed by atoms with E-state index in [-0.39, 0.29) is 26.8 Å². The first-order chi connectivity index (χ1) is 18.1. The molecule has 0 aliphatic rings. The third-order valence-electron chi connectivity index (χ3n) is 6.86. The van der Waals surface area contributed by atoms with Gasteiger partial charge in [-0.05, 0) is 47.5 Å². The minimum absolute atomic E-state index is 0. The number of fused-ring (bicyclic) bond motifs is 5. The smallest absolute Gasteiger partial charge is 0.217 e. The molecule has 3 aromatic heterocycles. The van der Waals surface area contributed by atoms with Gasteiger partial charge in [-0.3, -0.25) is 0 Å². The SMILES string of the molecule is Cc1ccc2c3c(C)cc(Oc4ccc5cccc(O)c5n4)[c-]c3n(-c3nccc4ccccc34)c2c1.[Pt]. The van der Waals surface area contributed by atoms with Crippen molar-refractivity contribution in [2.45, 2.75) is 13.8 Å². The van der Waals surface area contributed by atoms with E-state index in [9.17, 15) is 5.11 Å². The number of hydrogen-bond donors (Lipinski definition) is 1. The van der Waals surface area contributed by atoms with Crippen molar-refractivity contribution in [1.82, 2.24) is 14.5 Å². The molecule has 0 saturated carbocycles. The van der Waals surface area contributed by atoms with Gasteiger partial charge in [-0.15, -0.1) is 17.7 Å². The number of aryl methyl sites for hydroxylation is 2. The average Bonchev–Trinajstić information content (AvgIpc) is 3.22. The van der Waals surface area contributed by atoms with Gasteiger partial charge in [0.2, 0.25) is 5.88 Å². The molecule has 0 aliphatic carbocycles. The van der Waals surface area contributed by atoms with Crippen LogP contribution in [0.15, 0.2) is 91.1 Å². The standard InChI is InChI=1S/C32H22N3O2.Pt/c1-19-10-12-25-26(16-19)35(32-24-8-4-3-6-21(24)14-15-33-32)27-18-23(17-20(2)30(25)27)37-29-13-11-22-7-5-9-28(36)31(22)34-29;/h3-17,36H,1-2H3;/q-1;. The van der Waals surface area contributed by atoms with E-state index >= 15 is 0 Å². The number of para-hydroxylation sites is 1. The second-order valence-corrected chi connectivity index (χ2v) is 9.35. The fourth-order valence-corrected chi connectivity index (χ4v) is 5.18. The monoisotopic (exact) mass is 675 g/mol. The summed E-state index contributed by atoms with van der Waals surface area (Å²) in [5.41, 5.74) is 4.71. The van der Waals surface area contributed by atoms with Gasteiger partial charge in [0, 0.05) is 55.4 Å². The molecule has 3 heterocycles. The Hall–Kier alpha value is -4.21. The van der Waals surface area contributed by atoms with Crippen LogP contribution in [0.2, 0.25) is 0 Å². The van der Waals surface area contributed by atoms with E-state index in [2.05, 4.69) is 59.8 Å². The van der Waals surface area contributed by atoms with Crippen molar-refractivity contribution in [3.63, 3.8) is 0 Å². The van der Waals surface area contributed by atoms with E-state index in [1.165, 1.54) is 5.56 Å². The van der Waals surface area contributed by atoms with Crippen LogP contribution in [0.5, 0.6) is 17.4 Å². The van der Waals surface area contributed by atoms with E-state index < -0.39 is 0 Å². The zero-order valence-corrected chi connectivity index (χ0v) is 22.9. The number of phenols is 1. The Morgan fingerprint density at radius 2 is 1.68 bits per heavy atom. The van der Waals surface area contributed by atoms with E-state index in [0.29, 0.717) is 17.1 Å². The third kappa shape index (κ3) is 3.82. The summed E-state index contributed by atoms with van der Waals surface area (Å²) < 4.78 is 8.40. The first-order valence-electron chi connectivity index (χ1n) is 12.2. The summed E-state index contributed by atoms with van der Waals surface area (Å²) in [4.78, 5) is 9.37. The number of phenolic OH excluding ortho intramolecular Hbond substituents is 1. The van der Waals surface area contributed by atoms with Crippen LogP contribution in [0.25, 0.3) is 49.3 Å². The summed E-state index contributed by atoms with van der Waals surface area (Å²) in [7, 11) is 0. The van der Waals surface area contributed by atoms with Gasteiger partial charge in [-0.25, -0.2) is 9.97 Å². The van der Waals surface area contributed by atoms with Gasteiger partial charge in [0.1, 0.15) is 17.1 Å². The number of rotatable bonds is 3.